The summed E-state index contributed by atoms with van der Waals surface area (Å²) in [7, 11) is 0. The smallest absolute Gasteiger partial charge is 0.269 e. The van der Waals surface area contributed by atoms with Crippen LogP contribution >= 0.6 is 0 Å². The first-order valence-electron chi connectivity index (χ1n) is 9.01. The Morgan fingerprint density at radius 2 is 1.68 bits per heavy atom. The van der Waals surface area contributed by atoms with Gasteiger partial charge in [0.1, 0.15) is 5.84 Å². The fourth-order valence-electron chi connectivity index (χ4n) is 2.83. The molecule has 0 atom stereocenters. The van der Waals surface area contributed by atoms with Gasteiger partial charge in [-0.25, -0.2) is 4.99 Å². The molecule has 0 saturated carbocycles. The lowest BCUT2D eigenvalue weighted by atomic mass is 9.92. The lowest BCUT2D eigenvalue weighted by molar-refractivity contribution is -0.384. The Morgan fingerprint density at radius 1 is 1.16 bits per heavy atom. The summed E-state index contributed by atoms with van der Waals surface area (Å²) in [6, 6.07) is 4.87. The molecule has 1 rings (SSSR count). The molecule has 0 saturated heterocycles. The van der Waals surface area contributed by atoms with E-state index < -0.39 is 0 Å². The van der Waals surface area contributed by atoms with Crippen molar-refractivity contribution < 1.29 is 4.92 Å². The summed E-state index contributed by atoms with van der Waals surface area (Å²) in [5.41, 5.74) is 1.62. The number of nitro benzene ring substituents is 1. The van der Waals surface area contributed by atoms with Crippen molar-refractivity contribution in [1.82, 2.24) is 4.90 Å². The summed E-state index contributed by atoms with van der Waals surface area (Å²) < 4.78 is 0. The number of amidine groups is 1. The van der Waals surface area contributed by atoms with Crippen LogP contribution in [0.4, 0.5) is 11.4 Å². The minimum atomic E-state index is -0.366. The van der Waals surface area contributed by atoms with E-state index in [2.05, 4.69) is 53.4 Å². The standard InChI is InChI=1S/C20H33N3O2/c1-14(2)12-22(13-15(3)4)19(20(6,7)8)21-18-10-9-17(23(24)25)11-16(18)5/h9-11,14-15H,12-13H2,1-8H3/b21-19+. The van der Waals surface area contributed by atoms with E-state index in [4.69, 9.17) is 4.99 Å². The van der Waals surface area contributed by atoms with Crippen LogP contribution in [0.3, 0.4) is 0 Å². The second-order valence-corrected chi connectivity index (χ2v) is 8.61. The molecule has 5 heteroatoms. The number of non-ortho nitro benzene ring substituents is 1. The van der Waals surface area contributed by atoms with E-state index in [1.54, 1.807) is 12.1 Å². The third kappa shape index (κ3) is 6.48. The van der Waals surface area contributed by atoms with Crippen LogP contribution in [0.5, 0.6) is 0 Å². The number of benzene rings is 1. The van der Waals surface area contributed by atoms with Gasteiger partial charge < -0.3 is 4.90 Å². The van der Waals surface area contributed by atoms with E-state index in [1.807, 2.05) is 6.92 Å². The maximum atomic E-state index is 11.0. The van der Waals surface area contributed by atoms with Gasteiger partial charge in [-0.3, -0.25) is 10.1 Å². The minimum absolute atomic E-state index is 0.106. The third-order valence-corrected chi connectivity index (χ3v) is 3.76. The number of aryl methyl sites for hydroxylation is 1. The van der Waals surface area contributed by atoms with E-state index in [9.17, 15) is 10.1 Å². The fourth-order valence-corrected chi connectivity index (χ4v) is 2.83. The van der Waals surface area contributed by atoms with Crippen molar-refractivity contribution in [2.24, 2.45) is 22.2 Å². The highest BCUT2D eigenvalue weighted by Crippen LogP contribution is 2.29. The molecule has 0 heterocycles. The number of hydrogen-bond donors (Lipinski definition) is 0. The Hall–Kier alpha value is -1.91. The molecule has 1 aromatic rings. The van der Waals surface area contributed by atoms with E-state index >= 15 is 0 Å². The van der Waals surface area contributed by atoms with Crippen LogP contribution < -0.4 is 0 Å². The Labute approximate surface area is 152 Å². The summed E-state index contributed by atoms with van der Waals surface area (Å²) >= 11 is 0. The molecule has 0 unspecified atom stereocenters. The Balaban J connectivity index is 3.38. The number of nitro groups is 1. The highest BCUT2D eigenvalue weighted by atomic mass is 16.6. The SMILES string of the molecule is Cc1cc([N+](=O)[O-])ccc1/N=C(/N(CC(C)C)CC(C)C)C(C)(C)C. The van der Waals surface area contributed by atoms with Gasteiger partial charge in [-0.15, -0.1) is 0 Å². The Morgan fingerprint density at radius 3 is 2.04 bits per heavy atom. The number of nitrogens with zero attached hydrogens (tertiary/aromatic N) is 3. The molecule has 1 aromatic carbocycles. The lowest BCUT2D eigenvalue weighted by Crippen LogP contribution is -2.43. The van der Waals surface area contributed by atoms with Gasteiger partial charge in [0, 0.05) is 30.6 Å². The van der Waals surface area contributed by atoms with E-state index in [0.29, 0.717) is 11.8 Å². The third-order valence-electron chi connectivity index (χ3n) is 3.76. The molecule has 0 aliphatic carbocycles. The first kappa shape index (κ1) is 21.1. The molecule has 0 radical (unpaired) electrons. The molecule has 5 nitrogen and oxygen atoms in total. The van der Waals surface area contributed by atoms with Crippen LogP contribution in [-0.2, 0) is 0 Å². The van der Waals surface area contributed by atoms with Gasteiger partial charge in [0.05, 0.1) is 10.6 Å². The van der Waals surface area contributed by atoms with Crippen molar-refractivity contribution >= 4 is 17.2 Å². The summed E-state index contributed by atoms with van der Waals surface area (Å²) in [6.07, 6.45) is 0. The zero-order valence-corrected chi connectivity index (χ0v) is 17.0. The van der Waals surface area contributed by atoms with Crippen molar-refractivity contribution in [3.8, 4) is 0 Å². The molecule has 0 fully saturated rings. The van der Waals surface area contributed by atoms with Crippen molar-refractivity contribution in [2.45, 2.75) is 55.4 Å². The van der Waals surface area contributed by atoms with Gasteiger partial charge in [0.15, 0.2) is 0 Å². The van der Waals surface area contributed by atoms with Crippen LogP contribution in [-0.4, -0.2) is 28.7 Å². The average molecular weight is 348 g/mol. The molecule has 25 heavy (non-hydrogen) atoms. The maximum absolute atomic E-state index is 11.0. The highest BCUT2D eigenvalue weighted by molar-refractivity contribution is 5.89. The van der Waals surface area contributed by atoms with Crippen molar-refractivity contribution in [2.75, 3.05) is 13.1 Å². The van der Waals surface area contributed by atoms with Crippen molar-refractivity contribution in [3.05, 3.63) is 33.9 Å². The molecule has 0 bridgehead atoms. The summed E-state index contributed by atoms with van der Waals surface area (Å²) in [5.74, 6) is 2.10. The quantitative estimate of drug-likeness (QED) is 0.291. The summed E-state index contributed by atoms with van der Waals surface area (Å²) in [4.78, 5) is 17.9. The summed E-state index contributed by atoms with van der Waals surface area (Å²) in [5, 5.41) is 11.0. The normalized spacial score (nSPS) is 12.8. The largest absolute Gasteiger partial charge is 0.359 e. The topological polar surface area (TPSA) is 58.7 Å². The average Bonchev–Trinajstić information content (AvgIpc) is 2.42. The van der Waals surface area contributed by atoms with Gasteiger partial charge in [0.2, 0.25) is 0 Å². The molecule has 0 amide bonds. The van der Waals surface area contributed by atoms with Gasteiger partial charge in [-0.2, -0.15) is 0 Å². The molecule has 0 N–H and O–H groups in total. The van der Waals surface area contributed by atoms with Crippen LogP contribution in [0, 0.1) is 34.3 Å². The molecule has 140 valence electrons. The number of aliphatic imine (C=N–C) groups is 1. The van der Waals surface area contributed by atoms with Crippen LogP contribution in [0.2, 0.25) is 0 Å². The molecular weight excluding hydrogens is 314 g/mol. The van der Waals surface area contributed by atoms with E-state index in [0.717, 1.165) is 30.2 Å². The molecule has 0 aliphatic heterocycles. The lowest BCUT2D eigenvalue weighted by Gasteiger charge is -2.36. The number of rotatable bonds is 6. The monoisotopic (exact) mass is 347 g/mol. The first-order chi connectivity index (χ1) is 11.4. The van der Waals surface area contributed by atoms with E-state index in [-0.39, 0.29) is 16.0 Å². The van der Waals surface area contributed by atoms with Gasteiger partial charge in [-0.1, -0.05) is 48.5 Å². The fraction of sp³-hybridized carbons (Fsp3) is 0.650. The van der Waals surface area contributed by atoms with Crippen molar-refractivity contribution in [1.29, 1.82) is 0 Å². The summed E-state index contributed by atoms with van der Waals surface area (Å²) in [6.45, 7) is 19.1. The second-order valence-electron chi connectivity index (χ2n) is 8.61. The van der Waals surface area contributed by atoms with Crippen LogP contribution in [0.1, 0.15) is 54.0 Å². The van der Waals surface area contributed by atoms with Gasteiger partial charge in [-0.05, 0) is 30.4 Å². The molecular formula is C20H33N3O2. The van der Waals surface area contributed by atoms with Gasteiger partial charge >= 0.3 is 0 Å². The Bertz CT molecular complexity index is 618. The Kier molecular flexibility index (Phi) is 7.15. The van der Waals surface area contributed by atoms with E-state index in [1.165, 1.54) is 6.07 Å². The van der Waals surface area contributed by atoms with Crippen LogP contribution in [0.25, 0.3) is 0 Å². The zero-order valence-electron chi connectivity index (χ0n) is 17.0. The van der Waals surface area contributed by atoms with Crippen LogP contribution in [0.15, 0.2) is 23.2 Å². The molecule has 0 aromatic heterocycles. The first-order valence-corrected chi connectivity index (χ1v) is 9.01. The molecule has 0 aliphatic rings. The second kappa shape index (κ2) is 8.45. The minimum Gasteiger partial charge on any atom is -0.359 e. The highest BCUT2D eigenvalue weighted by Gasteiger charge is 2.26. The van der Waals surface area contributed by atoms with Crippen molar-refractivity contribution in [3.63, 3.8) is 0 Å². The number of hydrogen-bond acceptors (Lipinski definition) is 3. The zero-order chi connectivity index (χ0) is 19.4. The molecule has 0 spiro atoms. The predicted molar refractivity (Wildman–Crippen MR) is 106 cm³/mol. The van der Waals surface area contributed by atoms with Gasteiger partial charge in [0.25, 0.3) is 5.69 Å². The maximum Gasteiger partial charge on any atom is 0.269 e. The predicted octanol–water partition coefficient (Wildman–Crippen LogP) is 5.59.